The molecule has 0 aliphatic carbocycles. The van der Waals surface area contributed by atoms with Gasteiger partial charge in [0.25, 0.3) is 5.91 Å². The van der Waals surface area contributed by atoms with Gasteiger partial charge in [0.1, 0.15) is 6.61 Å². The van der Waals surface area contributed by atoms with Crippen LogP contribution in [0.5, 0.6) is 0 Å². The molecule has 0 aromatic heterocycles. The monoisotopic (exact) mass is 393 g/mol. The van der Waals surface area contributed by atoms with E-state index in [0.29, 0.717) is 19.8 Å². The van der Waals surface area contributed by atoms with E-state index in [2.05, 4.69) is 22.7 Å². The zero-order chi connectivity index (χ0) is 21.0. The first kappa shape index (κ1) is 23.6. The molecule has 0 unspecified atom stereocenters. The molecule has 0 aliphatic rings. The van der Waals surface area contributed by atoms with E-state index in [-0.39, 0.29) is 13.2 Å². The third-order valence-corrected chi connectivity index (χ3v) is 3.86. The molecule has 0 atom stereocenters. The van der Waals surface area contributed by atoms with Gasteiger partial charge in [-0.15, -0.1) is 0 Å². The minimum Gasteiger partial charge on any atom is -0.382 e. The molecule has 3 amide bonds. The summed E-state index contributed by atoms with van der Waals surface area (Å²) in [4.78, 5) is 23.8. The number of amides is 3. The lowest BCUT2D eigenvalue weighted by Gasteiger charge is -2.27. The van der Waals surface area contributed by atoms with Gasteiger partial charge < -0.3 is 19.5 Å². The van der Waals surface area contributed by atoms with Crippen molar-refractivity contribution < 1.29 is 23.8 Å². The van der Waals surface area contributed by atoms with Gasteiger partial charge >= 0.3 is 6.03 Å². The summed E-state index contributed by atoms with van der Waals surface area (Å²) in [6, 6.07) is 7.25. The van der Waals surface area contributed by atoms with Crippen LogP contribution in [0.25, 0.3) is 5.57 Å². The molecule has 0 heterocycles. The fourth-order valence-electron chi connectivity index (χ4n) is 2.25. The molecule has 0 bridgehead atoms. The van der Waals surface area contributed by atoms with Crippen LogP contribution in [0.1, 0.15) is 31.9 Å². The van der Waals surface area contributed by atoms with Crippen LogP contribution in [0.2, 0.25) is 0 Å². The SMILES string of the molecule is C=C(C)c1cccc(C(C)(C)NC(=O)NNC(=O)COCCOCCOC)c1. The summed E-state index contributed by atoms with van der Waals surface area (Å²) in [5.41, 5.74) is 6.84. The highest BCUT2D eigenvalue weighted by atomic mass is 16.5. The molecule has 28 heavy (non-hydrogen) atoms. The van der Waals surface area contributed by atoms with E-state index in [4.69, 9.17) is 14.2 Å². The molecule has 0 saturated carbocycles. The zero-order valence-corrected chi connectivity index (χ0v) is 17.1. The molecule has 1 aromatic carbocycles. The Morgan fingerprint density at radius 3 is 2.43 bits per heavy atom. The number of hydrogen-bond donors (Lipinski definition) is 3. The van der Waals surface area contributed by atoms with Gasteiger partial charge in [-0.1, -0.05) is 30.4 Å². The molecular formula is C20H31N3O5. The molecule has 0 fully saturated rings. The van der Waals surface area contributed by atoms with E-state index >= 15 is 0 Å². The Labute approximate surface area is 166 Å². The van der Waals surface area contributed by atoms with E-state index in [0.717, 1.165) is 16.7 Å². The zero-order valence-electron chi connectivity index (χ0n) is 17.1. The summed E-state index contributed by atoms with van der Waals surface area (Å²) in [7, 11) is 1.59. The highest BCUT2D eigenvalue weighted by Crippen LogP contribution is 2.23. The number of ether oxygens (including phenoxy) is 3. The molecule has 0 radical (unpaired) electrons. The lowest BCUT2D eigenvalue weighted by Crippen LogP contribution is -2.52. The Kier molecular flexibility index (Phi) is 10.2. The van der Waals surface area contributed by atoms with Crippen molar-refractivity contribution in [3.8, 4) is 0 Å². The van der Waals surface area contributed by atoms with Crippen molar-refractivity contribution in [2.75, 3.05) is 40.1 Å². The Morgan fingerprint density at radius 2 is 1.75 bits per heavy atom. The number of rotatable bonds is 11. The Morgan fingerprint density at radius 1 is 1.07 bits per heavy atom. The number of methoxy groups -OCH3 is 1. The number of nitrogens with one attached hydrogen (secondary N) is 3. The predicted octanol–water partition coefficient (Wildman–Crippen LogP) is 1.96. The molecule has 156 valence electrons. The van der Waals surface area contributed by atoms with Crippen molar-refractivity contribution in [2.24, 2.45) is 0 Å². The first-order valence-corrected chi connectivity index (χ1v) is 9.04. The molecule has 3 N–H and O–H groups in total. The molecule has 1 aromatic rings. The number of carbonyl (C=O) groups excluding carboxylic acids is 2. The van der Waals surface area contributed by atoms with Gasteiger partial charge in [0.15, 0.2) is 0 Å². The minimum absolute atomic E-state index is 0.183. The Balaban J connectivity index is 2.34. The maximum Gasteiger partial charge on any atom is 0.334 e. The second kappa shape index (κ2) is 12.1. The Bertz CT molecular complexity index is 661. The minimum atomic E-state index is -0.643. The van der Waals surface area contributed by atoms with E-state index in [1.54, 1.807) is 7.11 Å². The lowest BCUT2D eigenvalue weighted by atomic mass is 9.92. The molecular weight excluding hydrogens is 362 g/mol. The summed E-state index contributed by atoms with van der Waals surface area (Å²) >= 11 is 0. The number of hydrogen-bond acceptors (Lipinski definition) is 5. The van der Waals surface area contributed by atoms with Crippen LogP contribution in [0, 0.1) is 0 Å². The van der Waals surface area contributed by atoms with Crippen LogP contribution in [0.4, 0.5) is 4.79 Å². The fourth-order valence-corrected chi connectivity index (χ4v) is 2.25. The second-order valence-electron chi connectivity index (χ2n) is 6.77. The summed E-state index contributed by atoms with van der Waals surface area (Å²) in [6.45, 7) is 11.0. The molecule has 0 saturated heterocycles. The topological polar surface area (TPSA) is 97.9 Å². The maximum absolute atomic E-state index is 12.1. The first-order chi connectivity index (χ1) is 13.3. The van der Waals surface area contributed by atoms with Crippen LogP contribution in [-0.4, -0.2) is 52.1 Å². The van der Waals surface area contributed by atoms with Crippen LogP contribution in [0.3, 0.4) is 0 Å². The smallest absolute Gasteiger partial charge is 0.334 e. The average Bonchev–Trinajstić information content (AvgIpc) is 2.65. The van der Waals surface area contributed by atoms with Crippen molar-refractivity contribution in [3.05, 3.63) is 42.0 Å². The number of hydrazine groups is 1. The van der Waals surface area contributed by atoms with Gasteiger partial charge in [-0.3, -0.25) is 10.2 Å². The molecule has 0 spiro atoms. The van der Waals surface area contributed by atoms with Gasteiger partial charge in [0, 0.05) is 7.11 Å². The van der Waals surface area contributed by atoms with Crippen LogP contribution in [0.15, 0.2) is 30.8 Å². The quantitative estimate of drug-likeness (QED) is 0.394. The van der Waals surface area contributed by atoms with Crippen LogP contribution < -0.4 is 16.2 Å². The lowest BCUT2D eigenvalue weighted by molar-refractivity contribution is -0.127. The second-order valence-corrected chi connectivity index (χ2v) is 6.77. The summed E-state index contributed by atoms with van der Waals surface area (Å²) in [5.74, 6) is -0.464. The predicted molar refractivity (Wildman–Crippen MR) is 108 cm³/mol. The number of allylic oxidation sites excluding steroid dienone is 1. The van der Waals surface area contributed by atoms with Gasteiger partial charge in [0.2, 0.25) is 0 Å². The van der Waals surface area contributed by atoms with Crippen molar-refractivity contribution in [1.82, 2.24) is 16.2 Å². The summed E-state index contributed by atoms with van der Waals surface area (Å²) in [6.07, 6.45) is 0. The van der Waals surface area contributed by atoms with Crippen molar-refractivity contribution >= 4 is 17.5 Å². The highest BCUT2D eigenvalue weighted by molar-refractivity contribution is 5.82. The normalized spacial score (nSPS) is 11.0. The molecule has 8 nitrogen and oxygen atoms in total. The van der Waals surface area contributed by atoms with Gasteiger partial charge in [-0.2, -0.15) is 0 Å². The number of carbonyl (C=O) groups is 2. The third-order valence-electron chi connectivity index (χ3n) is 3.86. The van der Waals surface area contributed by atoms with Gasteiger partial charge in [-0.05, 0) is 38.0 Å². The van der Waals surface area contributed by atoms with E-state index in [9.17, 15) is 9.59 Å². The van der Waals surface area contributed by atoms with Crippen molar-refractivity contribution in [2.45, 2.75) is 26.3 Å². The number of benzene rings is 1. The standard InChI is InChI=1S/C20H31N3O5/c1-15(2)16-7-6-8-17(13-16)20(3,4)21-19(25)23-22-18(24)14-28-12-11-27-10-9-26-5/h6-8,13H,1,9-12,14H2,2-5H3,(H,22,24)(H2,21,23,25). The summed E-state index contributed by atoms with van der Waals surface area (Å²) < 4.78 is 15.2. The summed E-state index contributed by atoms with van der Waals surface area (Å²) in [5, 5.41) is 2.82. The first-order valence-electron chi connectivity index (χ1n) is 9.04. The maximum atomic E-state index is 12.1. The fraction of sp³-hybridized carbons (Fsp3) is 0.500. The van der Waals surface area contributed by atoms with Gasteiger partial charge in [-0.25, -0.2) is 10.2 Å². The van der Waals surface area contributed by atoms with Crippen LogP contribution in [-0.2, 0) is 24.5 Å². The van der Waals surface area contributed by atoms with E-state index in [1.165, 1.54) is 0 Å². The van der Waals surface area contributed by atoms with Gasteiger partial charge in [0.05, 0.1) is 32.0 Å². The molecule has 1 rings (SSSR count). The number of urea groups is 1. The van der Waals surface area contributed by atoms with Crippen molar-refractivity contribution in [3.63, 3.8) is 0 Å². The largest absolute Gasteiger partial charge is 0.382 e. The molecule has 8 heteroatoms. The van der Waals surface area contributed by atoms with Crippen LogP contribution >= 0.6 is 0 Å². The van der Waals surface area contributed by atoms with E-state index in [1.807, 2.05) is 45.0 Å². The van der Waals surface area contributed by atoms with E-state index < -0.39 is 17.5 Å². The van der Waals surface area contributed by atoms with Crippen molar-refractivity contribution in [1.29, 1.82) is 0 Å². The average molecular weight is 393 g/mol. The third kappa shape index (κ3) is 8.98. The molecule has 0 aliphatic heterocycles. The Hall–Kier alpha value is -2.42. The highest BCUT2D eigenvalue weighted by Gasteiger charge is 2.23.